The van der Waals surface area contributed by atoms with Crippen LogP contribution in [0.3, 0.4) is 0 Å². The van der Waals surface area contributed by atoms with E-state index >= 15 is 4.57 Å². The lowest BCUT2D eigenvalue weighted by molar-refractivity contribution is 0.558. The molecule has 2 nitrogen and oxygen atoms in total. The molecule has 0 amide bonds. The highest BCUT2D eigenvalue weighted by Crippen LogP contribution is 2.61. The van der Waals surface area contributed by atoms with Crippen LogP contribution in [0.2, 0.25) is 0 Å². The molecule has 0 saturated carbocycles. The van der Waals surface area contributed by atoms with E-state index in [1.165, 1.54) is 66.4 Å². The van der Waals surface area contributed by atoms with Gasteiger partial charge in [-0.3, -0.25) is 0 Å². The zero-order valence-electron chi connectivity index (χ0n) is 30.8. The number of hydrogen-bond donors (Lipinski definition) is 0. The van der Waals surface area contributed by atoms with Crippen LogP contribution in [0.4, 0.5) is 0 Å². The van der Waals surface area contributed by atoms with Gasteiger partial charge in [-0.15, -0.1) is 0 Å². The molecule has 0 N–H and O–H groups in total. The molecule has 1 atom stereocenters. The highest BCUT2D eigenvalue weighted by Gasteiger charge is 2.53. The van der Waals surface area contributed by atoms with Crippen LogP contribution in [0.25, 0.3) is 38.6 Å². The topological polar surface area (TPSA) is 22.0 Å². The van der Waals surface area contributed by atoms with Gasteiger partial charge < -0.3 is 9.13 Å². The largest absolute Gasteiger partial charge is 0.309 e. The van der Waals surface area contributed by atoms with Crippen LogP contribution in [0, 0.1) is 0 Å². The Morgan fingerprint density at radius 3 is 1.69 bits per heavy atom. The first-order valence-electron chi connectivity index (χ1n) is 19.1. The summed E-state index contributed by atoms with van der Waals surface area (Å²) in [4.78, 5) is 0. The van der Waals surface area contributed by atoms with E-state index in [0.717, 1.165) is 21.5 Å². The molecule has 3 heteroatoms. The van der Waals surface area contributed by atoms with E-state index < -0.39 is 12.6 Å². The molecule has 1 unspecified atom stereocenters. The lowest BCUT2D eigenvalue weighted by Gasteiger charge is -2.50. The molecule has 1 aliphatic heterocycles. The van der Waals surface area contributed by atoms with Gasteiger partial charge in [0.15, 0.2) is 7.14 Å². The molecule has 0 bridgehead atoms. The van der Waals surface area contributed by atoms with Gasteiger partial charge in [0.1, 0.15) is 0 Å². The Morgan fingerprint density at radius 2 is 0.964 bits per heavy atom. The number of rotatable bonds is 4. The van der Waals surface area contributed by atoms with E-state index in [4.69, 9.17) is 0 Å². The average Bonchev–Trinajstić information content (AvgIpc) is 3.59. The lowest BCUT2D eigenvalue weighted by atomic mass is 9.52. The van der Waals surface area contributed by atoms with Crippen molar-refractivity contribution in [3.63, 3.8) is 0 Å². The maximum Gasteiger partial charge on any atom is 0.171 e. The molecule has 9 aromatic rings. The van der Waals surface area contributed by atoms with E-state index in [9.17, 15) is 0 Å². The SMILES string of the molecule is CC1(C)c2ccccc2C2(c3ccccc3-n3c4ccccc4c4cccc2c43)c2cccc(-c3ccc(P(=O)(c4ccccc4)c4ccccc4)cc3)c21. The molecule has 8 aromatic carbocycles. The van der Waals surface area contributed by atoms with E-state index in [-0.39, 0.29) is 5.41 Å². The van der Waals surface area contributed by atoms with Crippen molar-refractivity contribution >= 4 is 44.9 Å². The first-order valence-corrected chi connectivity index (χ1v) is 20.8. The molecule has 1 spiro atoms. The number of aromatic nitrogens is 1. The number of nitrogens with zero attached hydrogens (tertiary/aromatic N) is 1. The normalized spacial score (nSPS) is 16.5. The summed E-state index contributed by atoms with van der Waals surface area (Å²) in [6, 6.07) is 69.4. The summed E-state index contributed by atoms with van der Waals surface area (Å²) in [7, 11) is -3.11. The molecule has 2 heterocycles. The highest BCUT2D eigenvalue weighted by atomic mass is 31.2. The highest BCUT2D eigenvalue weighted by molar-refractivity contribution is 7.85. The van der Waals surface area contributed by atoms with Crippen LogP contribution in [0.1, 0.15) is 47.2 Å². The number of fused-ring (bicyclic) bond motifs is 11. The zero-order valence-corrected chi connectivity index (χ0v) is 31.7. The Morgan fingerprint density at radius 1 is 0.436 bits per heavy atom. The molecular formula is C52H38NOP. The van der Waals surface area contributed by atoms with Crippen molar-refractivity contribution in [1.82, 2.24) is 4.57 Å². The Balaban J connectivity index is 1.20. The third kappa shape index (κ3) is 4.18. The van der Waals surface area contributed by atoms with Crippen LogP contribution in [0.5, 0.6) is 0 Å². The lowest BCUT2D eigenvalue weighted by Crippen LogP contribution is -2.44. The zero-order chi connectivity index (χ0) is 36.9. The summed E-state index contributed by atoms with van der Waals surface area (Å²) in [5, 5.41) is 5.06. The molecule has 262 valence electrons. The Bertz CT molecular complexity index is 2990. The maximum atomic E-state index is 15.3. The monoisotopic (exact) mass is 723 g/mol. The van der Waals surface area contributed by atoms with Crippen LogP contribution in [0.15, 0.2) is 194 Å². The van der Waals surface area contributed by atoms with Crippen molar-refractivity contribution in [3.05, 3.63) is 228 Å². The molecular weight excluding hydrogens is 686 g/mol. The smallest absolute Gasteiger partial charge is 0.171 e. The van der Waals surface area contributed by atoms with Crippen molar-refractivity contribution in [2.24, 2.45) is 0 Å². The van der Waals surface area contributed by atoms with E-state index in [0.29, 0.717) is 0 Å². The molecule has 11 rings (SSSR count). The van der Waals surface area contributed by atoms with Gasteiger partial charge in [0.2, 0.25) is 0 Å². The van der Waals surface area contributed by atoms with Crippen molar-refractivity contribution in [3.8, 4) is 16.8 Å². The van der Waals surface area contributed by atoms with Crippen LogP contribution in [-0.4, -0.2) is 4.57 Å². The van der Waals surface area contributed by atoms with Crippen LogP contribution >= 0.6 is 7.14 Å². The Hall–Kier alpha value is -6.21. The molecule has 0 fully saturated rings. The summed E-state index contributed by atoms with van der Waals surface area (Å²) in [5.41, 5.74) is 13.1. The fraction of sp³-hybridized carbons (Fsp3) is 0.0769. The van der Waals surface area contributed by atoms with Gasteiger partial charge in [-0.05, 0) is 56.6 Å². The molecule has 0 saturated heterocycles. The van der Waals surface area contributed by atoms with Gasteiger partial charge >= 0.3 is 0 Å². The fourth-order valence-electron chi connectivity index (χ4n) is 10.3. The van der Waals surface area contributed by atoms with Crippen molar-refractivity contribution in [2.45, 2.75) is 24.7 Å². The standard InChI is InChI=1S/C52H38NOP/c1-51(2)42-24-10-11-25-43(42)52(44-26-12-14-30-48(44)53-47-29-13-9-21-40(47)41-23-16-28-46(52)50(41)53)45-27-15-22-39(49(45)51)35-31-33-38(34-32-35)55(54,36-17-5-3-6-18-36)37-19-7-4-8-20-37/h3-34H,1-2H3. The molecule has 1 aliphatic carbocycles. The van der Waals surface area contributed by atoms with E-state index in [1.54, 1.807) is 0 Å². The van der Waals surface area contributed by atoms with Gasteiger partial charge in [0.05, 0.1) is 22.1 Å². The van der Waals surface area contributed by atoms with E-state index in [2.05, 4.69) is 152 Å². The van der Waals surface area contributed by atoms with Crippen molar-refractivity contribution in [2.75, 3.05) is 0 Å². The van der Waals surface area contributed by atoms with Gasteiger partial charge in [0.25, 0.3) is 0 Å². The van der Waals surface area contributed by atoms with E-state index in [1.807, 2.05) is 60.7 Å². The summed E-state index contributed by atoms with van der Waals surface area (Å²) in [6.07, 6.45) is 0. The average molecular weight is 724 g/mol. The minimum atomic E-state index is -3.11. The van der Waals surface area contributed by atoms with Gasteiger partial charge in [-0.25, -0.2) is 0 Å². The predicted octanol–water partition coefficient (Wildman–Crippen LogP) is 11.4. The number of benzene rings is 8. The Labute approximate surface area is 321 Å². The minimum Gasteiger partial charge on any atom is -0.309 e. The predicted molar refractivity (Wildman–Crippen MR) is 230 cm³/mol. The first kappa shape index (κ1) is 32.2. The number of hydrogen-bond acceptors (Lipinski definition) is 1. The first-order chi connectivity index (χ1) is 26.9. The molecule has 0 radical (unpaired) electrons. The number of para-hydroxylation sites is 3. The third-order valence-corrected chi connectivity index (χ3v) is 15.6. The summed E-state index contributed by atoms with van der Waals surface area (Å²) >= 11 is 0. The second-order valence-corrected chi connectivity index (χ2v) is 18.3. The fourth-order valence-corrected chi connectivity index (χ4v) is 12.9. The van der Waals surface area contributed by atoms with Crippen LogP contribution in [-0.2, 0) is 15.4 Å². The van der Waals surface area contributed by atoms with Gasteiger partial charge in [-0.2, -0.15) is 0 Å². The molecule has 55 heavy (non-hydrogen) atoms. The quantitative estimate of drug-likeness (QED) is 0.166. The summed E-state index contributed by atoms with van der Waals surface area (Å²) in [6.45, 7) is 4.78. The van der Waals surface area contributed by atoms with Gasteiger partial charge in [0, 0.05) is 32.1 Å². The van der Waals surface area contributed by atoms with Crippen molar-refractivity contribution < 1.29 is 4.57 Å². The second kappa shape index (κ2) is 11.6. The van der Waals surface area contributed by atoms with Crippen molar-refractivity contribution in [1.29, 1.82) is 0 Å². The van der Waals surface area contributed by atoms with Crippen LogP contribution < -0.4 is 15.9 Å². The second-order valence-electron chi connectivity index (χ2n) is 15.5. The third-order valence-electron chi connectivity index (χ3n) is 12.5. The van der Waals surface area contributed by atoms with Gasteiger partial charge in [-0.1, -0.05) is 196 Å². The Kier molecular flexibility index (Phi) is 6.83. The maximum absolute atomic E-state index is 15.3. The summed E-state index contributed by atoms with van der Waals surface area (Å²) in [5.74, 6) is 0. The molecule has 2 aliphatic rings. The molecule has 1 aromatic heterocycles. The summed E-state index contributed by atoms with van der Waals surface area (Å²) < 4.78 is 17.8. The minimum absolute atomic E-state index is 0.317.